The topological polar surface area (TPSA) is 298 Å². The number of carboxylic acids is 1. The number of phenols is 3. The van der Waals surface area contributed by atoms with Crippen molar-refractivity contribution >= 4 is 48.1 Å². The largest absolute Gasteiger partial charge is 0.508 e. The number of thiol groups is 1. The van der Waals surface area contributed by atoms with E-state index in [4.69, 9.17) is 5.73 Å². The number of carbonyl (C=O) groups is 6. The number of benzene rings is 3. The maximum absolute atomic E-state index is 14.3. The molecule has 61 heavy (non-hydrogen) atoms. The molecule has 0 saturated heterocycles. The minimum absolute atomic E-state index is 0.0385. The summed E-state index contributed by atoms with van der Waals surface area (Å²) in [6.07, 6.45) is 2.66. The Kier molecular flexibility index (Phi) is 17.5. The number of aromatic hydroxyl groups is 3. The Hall–Kier alpha value is -6.60. The van der Waals surface area contributed by atoms with Crippen molar-refractivity contribution in [3.63, 3.8) is 0 Å². The zero-order valence-electron chi connectivity index (χ0n) is 33.6. The molecule has 0 aliphatic heterocycles. The molecule has 19 heteroatoms. The van der Waals surface area contributed by atoms with Gasteiger partial charge in [-0.25, -0.2) is 9.78 Å². The first-order chi connectivity index (χ1) is 29.0. The Balaban J connectivity index is 1.61. The average molecular weight is 861 g/mol. The zero-order chi connectivity index (χ0) is 44.6. The SMILES string of the molecule is CC(C)C[C@H](NC(=O)[C@@H](N)Cc1ccc(O)cc1)C(=O)N[C@@H](Cc1ccc(O)cc1)C(=O)N[C@@H](Cc1cnc[nH]1)C(=O)N[C@@H](Cc1ccc(O)cc1)C(=O)N[C@@H](CS)C(=O)O. The van der Waals surface area contributed by atoms with Crippen LogP contribution in [0.2, 0.25) is 0 Å². The summed E-state index contributed by atoms with van der Waals surface area (Å²) >= 11 is 4.01. The third kappa shape index (κ3) is 15.2. The number of phenolic OH excluding ortho intramolecular Hbond substituents is 3. The van der Waals surface area contributed by atoms with Crippen molar-refractivity contribution in [3.05, 3.63) is 108 Å². The molecule has 0 bridgehead atoms. The summed E-state index contributed by atoms with van der Waals surface area (Å²) < 4.78 is 0. The van der Waals surface area contributed by atoms with Crippen LogP contribution in [0.25, 0.3) is 0 Å². The average Bonchev–Trinajstić information content (AvgIpc) is 3.74. The molecule has 0 radical (unpaired) electrons. The second kappa shape index (κ2) is 22.7. The van der Waals surface area contributed by atoms with Gasteiger partial charge in [0.05, 0.1) is 12.4 Å². The van der Waals surface area contributed by atoms with Gasteiger partial charge in [0.2, 0.25) is 29.5 Å². The van der Waals surface area contributed by atoms with E-state index in [0.717, 1.165) is 0 Å². The lowest BCUT2D eigenvalue weighted by molar-refractivity contribution is -0.141. The lowest BCUT2D eigenvalue weighted by Gasteiger charge is -2.27. The van der Waals surface area contributed by atoms with E-state index in [-0.39, 0.29) is 61.0 Å². The fourth-order valence-corrected chi connectivity index (χ4v) is 6.46. The number of nitrogens with two attached hydrogens (primary N) is 1. The van der Waals surface area contributed by atoms with E-state index in [1.54, 1.807) is 24.3 Å². The first kappa shape index (κ1) is 47.1. The zero-order valence-corrected chi connectivity index (χ0v) is 34.5. The molecule has 0 aliphatic carbocycles. The van der Waals surface area contributed by atoms with Gasteiger partial charge in [-0.05, 0) is 71.8 Å². The van der Waals surface area contributed by atoms with E-state index in [2.05, 4.69) is 49.2 Å². The normalized spacial score (nSPS) is 14.0. The number of imidazole rings is 1. The van der Waals surface area contributed by atoms with E-state index < -0.39 is 71.8 Å². The molecule has 4 rings (SSSR count). The van der Waals surface area contributed by atoms with Gasteiger partial charge < -0.3 is 57.7 Å². The summed E-state index contributed by atoms with van der Waals surface area (Å²) in [5, 5.41) is 52.0. The summed E-state index contributed by atoms with van der Waals surface area (Å²) in [7, 11) is 0. The highest BCUT2D eigenvalue weighted by Gasteiger charge is 2.34. The summed E-state index contributed by atoms with van der Waals surface area (Å²) in [6.45, 7) is 3.69. The first-order valence-corrected chi connectivity index (χ1v) is 20.1. The van der Waals surface area contributed by atoms with E-state index >= 15 is 0 Å². The summed E-state index contributed by atoms with van der Waals surface area (Å²) in [5.41, 5.74) is 8.34. The molecule has 0 fully saturated rings. The molecule has 1 aromatic heterocycles. The first-order valence-electron chi connectivity index (χ1n) is 19.4. The van der Waals surface area contributed by atoms with E-state index in [0.29, 0.717) is 22.4 Å². The van der Waals surface area contributed by atoms with Crippen LogP contribution in [0.5, 0.6) is 17.2 Å². The molecule has 0 aliphatic rings. The number of hydrogen-bond acceptors (Lipinski definition) is 12. The molecule has 18 nitrogen and oxygen atoms in total. The third-order valence-corrected chi connectivity index (χ3v) is 9.86. The number of aliphatic carboxylic acids is 1. The van der Waals surface area contributed by atoms with E-state index in [1.807, 2.05) is 13.8 Å². The molecule has 0 unspecified atom stereocenters. The monoisotopic (exact) mass is 860 g/mol. The Morgan fingerprint density at radius 2 is 0.967 bits per heavy atom. The van der Waals surface area contributed by atoms with Gasteiger partial charge >= 0.3 is 5.97 Å². The lowest BCUT2D eigenvalue weighted by Crippen LogP contribution is -2.60. The number of nitrogens with zero attached hydrogens (tertiary/aromatic N) is 1. The molecule has 12 N–H and O–H groups in total. The highest BCUT2D eigenvalue weighted by molar-refractivity contribution is 7.80. The van der Waals surface area contributed by atoms with Crippen molar-refractivity contribution < 1.29 is 49.2 Å². The van der Waals surface area contributed by atoms with Gasteiger partial charge in [-0.1, -0.05) is 50.2 Å². The van der Waals surface area contributed by atoms with Gasteiger partial charge in [-0.15, -0.1) is 0 Å². The van der Waals surface area contributed by atoms with Gasteiger partial charge in [0.25, 0.3) is 0 Å². The number of carboxylic acid groups (broad SMARTS) is 1. The van der Waals surface area contributed by atoms with Crippen molar-refractivity contribution in [2.24, 2.45) is 11.7 Å². The standard InChI is InChI=1S/C42H52N8O10S/c1-23(2)15-32(46-37(54)31(43)16-24-3-9-28(51)10-4-24)38(55)47-33(17-25-5-11-29(52)12-6-25)39(56)49-35(19-27-20-44-22-45-27)41(58)48-34(18-26-7-13-30(53)14-8-26)40(57)50-36(21-61)42(59)60/h3-14,20,22-23,31-36,51-53,61H,15-19,21,43H2,1-2H3,(H,44,45)(H,46,54)(H,47,55)(H,48,58)(H,49,56)(H,50,57)(H,59,60)/t31-,32-,33-,34-,35-,36-/m0/s1. The van der Waals surface area contributed by atoms with Crippen LogP contribution in [0.15, 0.2) is 85.3 Å². The van der Waals surface area contributed by atoms with Crippen LogP contribution in [-0.2, 0) is 54.5 Å². The highest BCUT2D eigenvalue weighted by Crippen LogP contribution is 2.16. The number of aromatic amines is 1. The molecule has 326 valence electrons. The van der Waals surface area contributed by atoms with Crippen LogP contribution in [0.3, 0.4) is 0 Å². The summed E-state index contributed by atoms with van der Waals surface area (Å²) in [6, 6.07) is 10.2. The van der Waals surface area contributed by atoms with Crippen molar-refractivity contribution in [1.82, 2.24) is 36.6 Å². The van der Waals surface area contributed by atoms with Crippen LogP contribution in [0.1, 0.15) is 42.7 Å². The van der Waals surface area contributed by atoms with Gasteiger partial charge in [-0.2, -0.15) is 12.6 Å². The quantitative estimate of drug-likeness (QED) is 0.0484. The second-order valence-electron chi connectivity index (χ2n) is 15.0. The Morgan fingerprint density at radius 1 is 0.590 bits per heavy atom. The predicted octanol–water partition coefficient (Wildman–Crippen LogP) is 0.609. The van der Waals surface area contributed by atoms with E-state index in [1.165, 1.54) is 61.1 Å². The van der Waals surface area contributed by atoms with Gasteiger partial charge in [0.15, 0.2) is 0 Å². The van der Waals surface area contributed by atoms with Crippen LogP contribution >= 0.6 is 12.6 Å². The maximum atomic E-state index is 14.3. The van der Waals surface area contributed by atoms with Crippen LogP contribution in [0.4, 0.5) is 0 Å². The van der Waals surface area contributed by atoms with Gasteiger partial charge in [0.1, 0.15) is 47.5 Å². The molecule has 1 heterocycles. The molecule has 4 aromatic rings. The molecule has 5 amide bonds. The molecule has 0 spiro atoms. The van der Waals surface area contributed by atoms with Gasteiger partial charge in [0, 0.05) is 36.9 Å². The fraction of sp³-hybridized carbons (Fsp3) is 0.357. The number of amides is 5. The number of H-pyrrole nitrogens is 1. The number of hydrogen-bond donors (Lipinski definition) is 12. The number of aromatic nitrogens is 2. The summed E-state index contributed by atoms with van der Waals surface area (Å²) in [4.78, 5) is 87.9. The maximum Gasteiger partial charge on any atom is 0.327 e. The Morgan fingerprint density at radius 3 is 1.34 bits per heavy atom. The Bertz CT molecular complexity index is 2080. The highest BCUT2D eigenvalue weighted by atomic mass is 32.1. The molecular weight excluding hydrogens is 809 g/mol. The van der Waals surface area contributed by atoms with Crippen molar-refractivity contribution in [1.29, 1.82) is 0 Å². The van der Waals surface area contributed by atoms with Crippen molar-refractivity contribution in [3.8, 4) is 17.2 Å². The molecule has 3 aromatic carbocycles. The van der Waals surface area contributed by atoms with Crippen LogP contribution in [0, 0.1) is 5.92 Å². The smallest absolute Gasteiger partial charge is 0.327 e. The lowest BCUT2D eigenvalue weighted by atomic mass is 9.99. The van der Waals surface area contributed by atoms with Crippen LogP contribution in [-0.4, -0.2) is 108 Å². The summed E-state index contributed by atoms with van der Waals surface area (Å²) in [5.74, 6) is -5.58. The number of rotatable bonds is 22. The van der Waals surface area contributed by atoms with Crippen molar-refractivity contribution in [2.75, 3.05) is 5.75 Å². The van der Waals surface area contributed by atoms with Crippen LogP contribution < -0.4 is 32.3 Å². The fourth-order valence-electron chi connectivity index (χ4n) is 6.21. The van der Waals surface area contributed by atoms with E-state index in [9.17, 15) is 49.2 Å². The van der Waals surface area contributed by atoms with Crippen molar-refractivity contribution in [2.45, 2.75) is 82.2 Å². The minimum atomic E-state index is -1.40. The Labute approximate surface area is 357 Å². The minimum Gasteiger partial charge on any atom is -0.508 e. The predicted molar refractivity (Wildman–Crippen MR) is 226 cm³/mol. The number of carbonyl (C=O) groups excluding carboxylic acids is 5. The molecule has 6 atom stereocenters. The second-order valence-corrected chi connectivity index (χ2v) is 15.3. The molecule has 0 saturated carbocycles. The molecular formula is C42H52N8O10S. The third-order valence-electron chi connectivity index (χ3n) is 9.50. The van der Waals surface area contributed by atoms with Gasteiger partial charge in [-0.3, -0.25) is 24.0 Å². The number of nitrogens with one attached hydrogen (secondary N) is 6.